The summed E-state index contributed by atoms with van der Waals surface area (Å²) in [6, 6.07) is 11.6. The minimum Gasteiger partial charge on any atom is -0.312 e. The van der Waals surface area contributed by atoms with Gasteiger partial charge in [0, 0.05) is 32.2 Å². The second-order valence-corrected chi connectivity index (χ2v) is 6.79. The molecule has 1 aliphatic carbocycles. The molecular weight excluding hydrogens is 244 g/mol. The molecule has 1 saturated carbocycles. The Morgan fingerprint density at radius 2 is 2.05 bits per heavy atom. The minimum absolute atomic E-state index is 0.646. The van der Waals surface area contributed by atoms with Gasteiger partial charge in [-0.3, -0.25) is 4.90 Å². The van der Waals surface area contributed by atoms with Gasteiger partial charge in [-0.2, -0.15) is 0 Å². The van der Waals surface area contributed by atoms with Crippen molar-refractivity contribution in [3.8, 4) is 0 Å². The van der Waals surface area contributed by atoms with E-state index in [0.29, 0.717) is 11.5 Å². The Labute approximate surface area is 123 Å². The zero-order chi connectivity index (χ0) is 13.8. The van der Waals surface area contributed by atoms with E-state index in [1.807, 2.05) is 0 Å². The van der Waals surface area contributed by atoms with Gasteiger partial charge >= 0.3 is 0 Å². The first kappa shape index (κ1) is 14.1. The van der Waals surface area contributed by atoms with Crippen molar-refractivity contribution in [2.75, 3.05) is 19.6 Å². The van der Waals surface area contributed by atoms with Crippen molar-refractivity contribution in [2.24, 2.45) is 5.41 Å². The second kappa shape index (κ2) is 6.28. The highest BCUT2D eigenvalue weighted by atomic mass is 15.2. The summed E-state index contributed by atoms with van der Waals surface area (Å²) in [5.74, 6) is 0. The summed E-state index contributed by atoms with van der Waals surface area (Å²) in [5.41, 5.74) is 2.09. The van der Waals surface area contributed by atoms with Crippen molar-refractivity contribution in [3.05, 3.63) is 35.9 Å². The summed E-state index contributed by atoms with van der Waals surface area (Å²) in [7, 11) is 0. The number of hydrogen-bond donors (Lipinski definition) is 1. The van der Waals surface area contributed by atoms with E-state index >= 15 is 0 Å². The van der Waals surface area contributed by atoms with Crippen molar-refractivity contribution in [3.63, 3.8) is 0 Å². The average molecular weight is 272 g/mol. The molecule has 0 spiro atoms. The zero-order valence-electron chi connectivity index (χ0n) is 12.8. The van der Waals surface area contributed by atoms with Crippen LogP contribution in [0.3, 0.4) is 0 Å². The molecule has 1 aromatic carbocycles. The molecule has 2 nitrogen and oxygen atoms in total. The lowest BCUT2D eigenvalue weighted by atomic mass is 9.67. The summed E-state index contributed by atoms with van der Waals surface area (Å²) >= 11 is 0. The molecule has 0 radical (unpaired) electrons. The van der Waals surface area contributed by atoms with Gasteiger partial charge < -0.3 is 5.32 Å². The van der Waals surface area contributed by atoms with Gasteiger partial charge in [-0.15, -0.1) is 0 Å². The maximum absolute atomic E-state index is 3.85. The van der Waals surface area contributed by atoms with Crippen LogP contribution in [0.1, 0.15) is 44.6 Å². The third-order valence-electron chi connectivity index (χ3n) is 5.45. The number of nitrogens with one attached hydrogen (secondary N) is 1. The summed E-state index contributed by atoms with van der Waals surface area (Å²) in [5, 5.41) is 3.85. The molecule has 3 rings (SSSR count). The van der Waals surface area contributed by atoms with Crippen LogP contribution in [-0.2, 0) is 6.54 Å². The standard InChI is InChI=1S/C18H28N2/c1-2-18(10-6-11-18)15-19-17-9-12-20(14-17)13-16-7-4-3-5-8-16/h3-5,7-8,17,19H,2,6,9-15H2,1H3. The van der Waals surface area contributed by atoms with Crippen molar-refractivity contribution in [2.45, 2.75) is 51.6 Å². The molecular formula is C18H28N2. The van der Waals surface area contributed by atoms with Gasteiger partial charge in [-0.05, 0) is 36.7 Å². The summed E-state index contributed by atoms with van der Waals surface area (Å²) in [6.45, 7) is 7.17. The van der Waals surface area contributed by atoms with Crippen molar-refractivity contribution >= 4 is 0 Å². The Morgan fingerprint density at radius 1 is 1.25 bits per heavy atom. The lowest BCUT2D eigenvalue weighted by Gasteiger charge is -2.42. The average Bonchev–Trinajstić information content (AvgIpc) is 2.87. The molecule has 1 atom stereocenters. The van der Waals surface area contributed by atoms with E-state index in [1.165, 1.54) is 57.3 Å². The van der Waals surface area contributed by atoms with Crippen LogP contribution >= 0.6 is 0 Å². The molecule has 2 heteroatoms. The van der Waals surface area contributed by atoms with E-state index in [-0.39, 0.29) is 0 Å². The summed E-state index contributed by atoms with van der Waals surface area (Å²) < 4.78 is 0. The first-order valence-corrected chi connectivity index (χ1v) is 8.29. The molecule has 20 heavy (non-hydrogen) atoms. The predicted octanol–water partition coefficient (Wildman–Crippen LogP) is 3.43. The van der Waals surface area contributed by atoms with E-state index in [2.05, 4.69) is 47.5 Å². The SMILES string of the molecule is CCC1(CNC2CCN(Cc3ccccc3)C2)CCC1. The fraction of sp³-hybridized carbons (Fsp3) is 0.667. The quantitative estimate of drug-likeness (QED) is 0.853. The van der Waals surface area contributed by atoms with Crippen LogP contribution in [0.2, 0.25) is 0 Å². The van der Waals surface area contributed by atoms with Crippen molar-refractivity contribution in [1.82, 2.24) is 10.2 Å². The van der Waals surface area contributed by atoms with Crippen LogP contribution in [0.15, 0.2) is 30.3 Å². The Morgan fingerprint density at radius 3 is 2.70 bits per heavy atom. The number of rotatable bonds is 6. The van der Waals surface area contributed by atoms with Gasteiger partial charge in [0.15, 0.2) is 0 Å². The Kier molecular flexibility index (Phi) is 4.42. The van der Waals surface area contributed by atoms with Crippen molar-refractivity contribution < 1.29 is 0 Å². The third-order valence-corrected chi connectivity index (χ3v) is 5.45. The van der Waals surface area contributed by atoms with Gasteiger partial charge in [0.1, 0.15) is 0 Å². The predicted molar refractivity (Wildman–Crippen MR) is 84.7 cm³/mol. The zero-order valence-corrected chi connectivity index (χ0v) is 12.8. The van der Waals surface area contributed by atoms with Crippen LogP contribution in [-0.4, -0.2) is 30.6 Å². The topological polar surface area (TPSA) is 15.3 Å². The van der Waals surface area contributed by atoms with E-state index in [1.54, 1.807) is 0 Å². The Hall–Kier alpha value is -0.860. The highest BCUT2D eigenvalue weighted by Crippen LogP contribution is 2.43. The molecule has 0 amide bonds. The number of likely N-dealkylation sites (tertiary alicyclic amines) is 1. The maximum atomic E-state index is 3.85. The Bertz CT molecular complexity index is 405. The minimum atomic E-state index is 0.646. The van der Waals surface area contributed by atoms with Gasteiger partial charge in [0.2, 0.25) is 0 Å². The van der Waals surface area contributed by atoms with Crippen LogP contribution in [0.4, 0.5) is 0 Å². The second-order valence-electron chi connectivity index (χ2n) is 6.79. The monoisotopic (exact) mass is 272 g/mol. The molecule has 1 saturated heterocycles. The lowest BCUT2D eigenvalue weighted by molar-refractivity contribution is 0.119. The first-order valence-electron chi connectivity index (χ1n) is 8.29. The van der Waals surface area contributed by atoms with E-state index < -0.39 is 0 Å². The van der Waals surface area contributed by atoms with E-state index in [4.69, 9.17) is 0 Å². The first-order chi connectivity index (χ1) is 9.80. The van der Waals surface area contributed by atoms with Gasteiger partial charge in [-0.25, -0.2) is 0 Å². The van der Waals surface area contributed by atoms with Gasteiger partial charge in [0.25, 0.3) is 0 Å². The molecule has 2 fully saturated rings. The number of benzene rings is 1. The third kappa shape index (κ3) is 3.24. The normalized spacial score (nSPS) is 25.6. The van der Waals surface area contributed by atoms with Crippen LogP contribution in [0.25, 0.3) is 0 Å². The highest BCUT2D eigenvalue weighted by molar-refractivity contribution is 5.14. The van der Waals surface area contributed by atoms with Crippen LogP contribution in [0.5, 0.6) is 0 Å². The highest BCUT2D eigenvalue weighted by Gasteiger charge is 2.35. The lowest BCUT2D eigenvalue weighted by Crippen LogP contribution is -2.44. The summed E-state index contributed by atoms with van der Waals surface area (Å²) in [6.07, 6.45) is 6.99. The molecule has 2 aliphatic rings. The maximum Gasteiger partial charge on any atom is 0.0234 e. The molecule has 110 valence electrons. The smallest absolute Gasteiger partial charge is 0.0234 e. The van der Waals surface area contributed by atoms with Gasteiger partial charge in [-0.1, -0.05) is 43.7 Å². The fourth-order valence-corrected chi connectivity index (χ4v) is 3.68. The molecule has 1 unspecified atom stereocenters. The Balaban J connectivity index is 1.43. The fourth-order valence-electron chi connectivity index (χ4n) is 3.68. The van der Waals surface area contributed by atoms with Crippen LogP contribution in [0, 0.1) is 5.41 Å². The van der Waals surface area contributed by atoms with Gasteiger partial charge in [0.05, 0.1) is 0 Å². The summed E-state index contributed by atoms with van der Waals surface area (Å²) in [4.78, 5) is 2.59. The number of hydrogen-bond acceptors (Lipinski definition) is 2. The molecule has 0 aromatic heterocycles. The van der Waals surface area contributed by atoms with Crippen molar-refractivity contribution in [1.29, 1.82) is 0 Å². The molecule has 1 aliphatic heterocycles. The molecule has 0 bridgehead atoms. The van der Waals surface area contributed by atoms with E-state index in [9.17, 15) is 0 Å². The molecule has 1 aromatic rings. The molecule has 1 N–H and O–H groups in total. The van der Waals surface area contributed by atoms with E-state index in [0.717, 1.165) is 6.54 Å². The largest absolute Gasteiger partial charge is 0.312 e. The number of nitrogens with zero attached hydrogens (tertiary/aromatic N) is 1. The molecule has 1 heterocycles. The van der Waals surface area contributed by atoms with Crippen LogP contribution < -0.4 is 5.32 Å².